The zero-order valence-corrected chi connectivity index (χ0v) is 10.1. The SMILES string of the molecule is CC1(C)C2CCC1(C)C(OC(=O)C=O)C2.O. The summed E-state index contributed by atoms with van der Waals surface area (Å²) in [6.07, 6.45) is 3.44. The highest BCUT2D eigenvalue weighted by molar-refractivity contribution is 6.20. The Balaban J connectivity index is 0.00000128. The molecule has 2 fully saturated rings. The second-order valence-electron chi connectivity index (χ2n) is 5.65. The van der Waals surface area contributed by atoms with E-state index in [2.05, 4.69) is 20.8 Å². The summed E-state index contributed by atoms with van der Waals surface area (Å²) in [5.41, 5.74) is 0.275. The van der Waals surface area contributed by atoms with E-state index >= 15 is 0 Å². The highest BCUT2D eigenvalue weighted by Gasteiger charge is 2.62. The minimum atomic E-state index is -0.718. The van der Waals surface area contributed by atoms with E-state index in [0.29, 0.717) is 5.92 Å². The molecule has 0 aliphatic heterocycles. The van der Waals surface area contributed by atoms with Gasteiger partial charge >= 0.3 is 5.97 Å². The van der Waals surface area contributed by atoms with Crippen LogP contribution < -0.4 is 0 Å². The van der Waals surface area contributed by atoms with Crippen LogP contribution in [0.1, 0.15) is 40.0 Å². The summed E-state index contributed by atoms with van der Waals surface area (Å²) in [5.74, 6) is -0.0865. The Morgan fingerprint density at radius 1 is 1.38 bits per heavy atom. The van der Waals surface area contributed by atoms with Crippen LogP contribution in [-0.4, -0.2) is 23.8 Å². The molecule has 0 radical (unpaired) electrons. The lowest BCUT2D eigenvalue weighted by atomic mass is 9.70. The molecule has 2 saturated carbocycles. The van der Waals surface area contributed by atoms with Gasteiger partial charge in [-0.3, -0.25) is 4.79 Å². The predicted octanol–water partition coefficient (Wildman–Crippen LogP) is 1.12. The summed E-state index contributed by atoms with van der Waals surface area (Å²) in [5, 5.41) is 0. The van der Waals surface area contributed by atoms with Crippen LogP contribution in [0.4, 0.5) is 0 Å². The van der Waals surface area contributed by atoms with E-state index in [4.69, 9.17) is 4.74 Å². The second-order valence-corrected chi connectivity index (χ2v) is 5.65. The van der Waals surface area contributed by atoms with E-state index in [1.54, 1.807) is 0 Å². The van der Waals surface area contributed by atoms with Crippen LogP contribution in [0, 0.1) is 16.7 Å². The lowest BCUT2D eigenvalue weighted by Crippen LogP contribution is -2.38. The van der Waals surface area contributed by atoms with Crippen LogP contribution in [0.15, 0.2) is 0 Å². The zero-order chi connectivity index (χ0) is 11.3. The van der Waals surface area contributed by atoms with E-state index in [1.165, 1.54) is 6.42 Å². The van der Waals surface area contributed by atoms with Crippen molar-refractivity contribution < 1.29 is 19.8 Å². The summed E-state index contributed by atoms with van der Waals surface area (Å²) in [7, 11) is 0. The van der Waals surface area contributed by atoms with Gasteiger partial charge in [0.25, 0.3) is 0 Å². The molecule has 0 aromatic heterocycles. The molecule has 0 aromatic carbocycles. The molecule has 2 N–H and O–H groups in total. The van der Waals surface area contributed by atoms with Crippen molar-refractivity contribution in [3.63, 3.8) is 0 Å². The average Bonchev–Trinajstić information content (AvgIpc) is 2.50. The van der Waals surface area contributed by atoms with Gasteiger partial charge in [-0.1, -0.05) is 20.8 Å². The van der Waals surface area contributed by atoms with E-state index in [9.17, 15) is 9.59 Å². The highest BCUT2D eigenvalue weighted by Crippen LogP contribution is 2.66. The summed E-state index contributed by atoms with van der Waals surface area (Å²) in [6, 6.07) is 0. The summed E-state index contributed by atoms with van der Waals surface area (Å²) in [4.78, 5) is 21.3. The number of hydrogen-bond donors (Lipinski definition) is 0. The van der Waals surface area contributed by atoms with Crippen molar-refractivity contribution in [2.45, 2.75) is 46.1 Å². The Bertz CT molecular complexity index is 310. The molecule has 3 atom stereocenters. The van der Waals surface area contributed by atoms with Gasteiger partial charge in [-0.15, -0.1) is 0 Å². The molecule has 2 aliphatic carbocycles. The maximum Gasteiger partial charge on any atom is 0.371 e. The summed E-state index contributed by atoms with van der Waals surface area (Å²) in [6.45, 7) is 6.68. The van der Waals surface area contributed by atoms with Gasteiger partial charge in [-0.05, 0) is 30.6 Å². The van der Waals surface area contributed by atoms with Gasteiger partial charge in [0.15, 0.2) is 0 Å². The first-order valence-corrected chi connectivity index (χ1v) is 5.57. The maximum absolute atomic E-state index is 11.0. The third kappa shape index (κ3) is 1.47. The molecule has 0 aromatic rings. The zero-order valence-electron chi connectivity index (χ0n) is 10.1. The quantitative estimate of drug-likeness (QED) is 0.404. The number of ether oxygens (including phenoxy) is 1. The van der Waals surface area contributed by atoms with Crippen molar-refractivity contribution in [1.82, 2.24) is 0 Å². The van der Waals surface area contributed by atoms with Gasteiger partial charge in [-0.25, -0.2) is 4.79 Å². The highest BCUT2D eigenvalue weighted by atomic mass is 16.5. The lowest BCUT2D eigenvalue weighted by molar-refractivity contribution is -0.159. The molecule has 2 rings (SSSR count). The van der Waals surface area contributed by atoms with Gasteiger partial charge in [0.2, 0.25) is 6.29 Å². The van der Waals surface area contributed by atoms with Crippen molar-refractivity contribution in [1.29, 1.82) is 0 Å². The molecular weight excluding hydrogens is 208 g/mol. The Kier molecular flexibility index (Phi) is 3.16. The van der Waals surface area contributed by atoms with Gasteiger partial charge in [0.1, 0.15) is 6.10 Å². The number of carbonyl (C=O) groups is 2. The minimum absolute atomic E-state index is 0. The molecule has 0 amide bonds. The Labute approximate surface area is 95.7 Å². The van der Waals surface area contributed by atoms with Gasteiger partial charge in [0, 0.05) is 5.41 Å². The molecule has 0 spiro atoms. The normalized spacial score (nSPS) is 38.9. The van der Waals surface area contributed by atoms with Crippen LogP contribution in [0.5, 0.6) is 0 Å². The molecule has 0 saturated heterocycles. The summed E-state index contributed by atoms with van der Waals surface area (Å²) < 4.78 is 5.23. The number of fused-ring (bicyclic) bond motifs is 2. The number of carbonyl (C=O) groups excluding carboxylic acids is 2. The topological polar surface area (TPSA) is 74.9 Å². The number of hydrogen-bond acceptors (Lipinski definition) is 3. The molecule has 4 nitrogen and oxygen atoms in total. The van der Waals surface area contributed by atoms with Crippen molar-refractivity contribution in [2.24, 2.45) is 16.7 Å². The average molecular weight is 228 g/mol. The first kappa shape index (κ1) is 13.2. The standard InChI is InChI=1S/C12H18O3.H2O/c1-11(2)8-4-5-12(11,3)9(6-8)15-10(14)7-13;/h7-9H,4-6H2,1-3H3;1H2. The van der Waals surface area contributed by atoms with Crippen LogP contribution in [0.25, 0.3) is 0 Å². The molecule has 92 valence electrons. The van der Waals surface area contributed by atoms with E-state index in [1.807, 2.05) is 0 Å². The Morgan fingerprint density at radius 3 is 2.38 bits per heavy atom. The minimum Gasteiger partial charge on any atom is -0.456 e. The molecular formula is C12H20O4. The third-order valence-corrected chi connectivity index (χ3v) is 5.07. The fraction of sp³-hybridized carbons (Fsp3) is 0.833. The fourth-order valence-electron chi connectivity index (χ4n) is 3.48. The van der Waals surface area contributed by atoms with Crippen LogP contribution in [0.2, 0.25) is 0 Å². The van der Waals surface area contributed by atoms with Crippen LogP contribution in [0.3, 0.4) is 0 Å². The number of aldehydes is 1. The third-order valence-electron chi connectivity index (χ3n) is 5.07. The fourth-order valence-corrected chi connectivity index (χ4v) is 3.48. The number of rotatable bonds is 2. The smallest absolute Gasteiger partial charge is 0.371 e. The summed E-state index contributed by atoms with van der Waals surface area (Å²) >= 11 is 0. The van der Waals surface area contributed by atoms with E-state index in [0.717, 1.165) is 12.8 Å². The molecule has 16 heavy (non-hydrogen) atoms. The van der Waals surface area contributed by atoms with Crippen LogP contribution in [-0.2, 0) is 14.3 Å². The Morgan fingerprint density at radius 2 is 2.00 bits per heavy atom. The molecule has 2 bridgehead atoms. The monoisotopic (exact) mass is 228 g/mol. The predicted molar refractivity (Wildman–Crippen MR) is 58.8 cm³/mol. The molecule has 0 heterocycles. The van der Waals surface area contributed by atoms with Crippen molar-refractivity contribution in [3.05, 3.63) is 0 Å². The van der Waals surface area contributed by atoms with Crippen molar-refractivity contribution in [2.75, 3.05) is 0 Å². The second kappa shape index (κ2) is 3.84. The van der Waals surface area contributed by atoms with Gasteiger partial charge < -0.3 is 10.2 Å². The van der Waals surface area contributed by atoms with Crippen molar-refractivity contribution in [3.8, 4) is 0 Å². The van der Waals surface area contributed by atoms with Crippen LogP contribution >= 0.6 is 0 Å². The first-order valence-electron chi connectivity index (χ1n) is 5.57. The largest absolute Gasteiger partial charge is 0.456 e. The first-order chi connectivity index (χ1) is 6.91. The lowest BCUT2D eigenvalue weighted by Gasteiger charge is -2.38. The van der Waals surface area contributed by atoms with Gasteiger partial charge in [0.05, 0.1) is 0 Å². The van der Waals surface area contributed by atoms with Gasteiger partial charge in [-0.2, -0.15) is 0 Å². The molecule has 3 unspecified atom stereocenters. The number of esters is 1. The maximum atomic E-state index is 11.0. The molecule has 2 aliphatic rings. The van der Waals surface area contributed by atoms with E-state index < -0.39 is 5.97 Å². The van der Waals surface area contributed by atoms with Crippen molar-refractivity contribution >= 4 is 12.3 Å². The Hall–Kier alpha value is -0.900. The molecule has 4 heteroatoms. The van der Waals surface area contributed by atoms with E-state index in [-0.39, 0.29) is 28.7 Å².